The third kappa shape index (κ3) is 1.33. The number of nitrogens with one attached hydrogen (secondary N) is 1. The molecule has 2 rings (SSSR count). The van der Waals surface area contributed by atoms with Crippen LogP contribution in [0.3, 0.4) is 0 Å². The Morgan fingerprint density at radius 3 is 2.92 bits per heavy atom. The summed E-state index contributed by atoms with van der Waals surface area (Å²) in [6.07, 6.45) is 0. The van der Waals surface area contributed by atoms with E-state index in [0.29, 0.717) is 0 Å². The Labute approximate surface area is 76.7 Å². The molecule has 5 heteroatoms. The fourth-order valence-electron chi connectivity index (χ4n) is 0.909. The van der Waals surface area contributed by atoms with Crippen LogP contribution in [-0.2, 0) is 0 Å². The van der Waals surface area contributed by atoms with E-state index in [1.54, 1.807) is 11.3 Å². The topological polar surface area (TPSA) is 45.8 Å². The Hall–Kier alpha value is -0.940. The average molecular weight is 198 g/mol. The van der Waals surface area contributed by atoms with Crippen LogP contribution in [0, 0.1) is 6.92 Å². The Kier molecular flexibility index (Phi) is 1.82. The number of nitrogens with zero attached hydrogens (tertiary/aromatic N) is 1. The van der Waals surface area contributed by atoms with Gasteiger partial charge in [0.25, 0.3) is 0 Å². The molecule has 0 aliphatic heterocycles. The van der Waals surface area contributed by atoms with Crippen molar-refractivity contribution in [1.29, 1.82) is 0 Å². The smallest absolute Gasteiger partial charge is 0.255 e. The van der Waals surface area contributed by atoms with Crippen molar-refractivity contribution in [3.05, 3.63) is 26.0 Å². The Morgan fingerprint density at radius 1 is 1.58 bits per heavy atom. The van der Waals surface area contributed by atoms with Crippen LogP contribution >= 0.6 is 22.7 Å². The number of hydrogen-bond acceptors (Lipinski definition) is 4. The van der Waals surface area contributed by atoms with Gasteiger partial charge in [-0.2, -0.15) is 5.10 Å². The highest BCUT2D eigenvalue weighted by molar-refractivity contribution is 7.13. The zero-order valence-electron chi connectivity index (χ0n) is 6.33. The van der Waals surface area contributed by atoms with Crippen molar-refractivity contribution in [3.63, 3.8) is 0 Å². The molecule has 0 unspecified atom stereocenters. The largest absolute Gasteiger partial charge is 0.322 e. The lowest BCUT2D eigenvalue weighted by Crippen LogP contribution is -1.90. The Bertz CT molecular complexity index is 440. The van der Waals surface area contributed by atoms with Gasteiger partial charge in [0.2, 0.25) is 0 Å². The lowest BCUT2D eigenvalue weighted by atomic mass is 10.3. The number of thiophene rings is 1. The van der Waals surface area contributed by atoms with E-state index in [1.165, 1.54) is 4.88 Å². The predicted molar refractivity (Wildman–Crippen MR) is 50.8 cm³/mol. The fourth-order valence-corrected chi connectivity index (χ4v) is 2.26. The van der Waals surface area contributed by atoms with E-state index in [-0.39, 0.29) is 4.87 Å². The second-order valence-electron chi connectivity index (χ2n) is 2.36. The van der Waals surface area contributed by atoms with Gasteiger partial charge >= 0.3 is 4.87 Å². The van der Waals surface area contributed by atoms with Gasteiger partial charge in [0.05, 0.1) is 0 Å². The predicted octanol–water partition coefficient (Wildman–Crippen LogP) is 1.87. The number of rotatable bonds is 1. The van der Waals surface area contributed by atoms with E-state index in [9.17, 15) is 4.79 Å². The second-order valence-corrected chi connectivity index (χ2v) is 4.44. The van der Waals surface area contributed by atoms with Gasteiger partial charge in [0, 0.05) is 15.8 Å². The molecule has 0 aliphatic carbocycles. The van der Waals surface area contributed by atoms with Gasteiger partial charge in [0.1, 0.15) is 5.01 Å². The number of H-pyrrole nitrogens is 1. The summed E-state index contributed by atoms with van der Waals surface area (Å²) in [6, 6.07) is 2.02. The second kappa shape index (κ2) is 2.84. The highest BCUT2D eigenvalue weighted by Crippen LogP contribution is 2.24. The van der Waals surface area contributed by atoms with Crippen LogP contribution in [0.4, 0.5) is 0 Å². The summed E-state index contributed by atoms with van der Waals surface area (Å²) in [5, 5.41) is 9.05. The normalized spacial score (nSPS) is 10.4. The molecule has 2 aromatic heterocycles. The molecule has 0 saturated carbocycles. The van der Waals surface area contributed by atoms with E-state index in [0.717, 1.165) is 21.9 Å². The van der Waals surface area contributed by atoms with Crippen LogP contribution in [0.5, 0.6) is 0 Å². The third-order valence-electron chi connectivity index (χ3n) is 1.42. The quantitative estimate of drug-likeness (QED) is 0.760. The van der Waals surface area contributed by atoms with E-state index >= 15 is 0 Å². The third-order valence-corrected chi connectivity index (χ3v) is 3.07. The molecule has 0 amide bonds. The molecule has 0 atom stereocenters. The van der Waals surface area contributed by atoms with Crippen LogP contribution in [0.1, 0.15) is 4.88 Å². The van der Waals surface area contributed by atoms with Crippen LogP contribution in [0.15, 0.2) is 16.2 Å². The zero-order chi connectivity index (χ0) is 8.55. The monoisotopic (exact) mass is 198 g/mol. The minimum atomic E-state index is -0.103. The molecule has 12 heavy (non-hydrogen) atoms. The molecule has 0 aromatic carbocycles. The van der Waals surface area contributed by atoms with Crippen molar-refractivity contribution in [2.45, 2.75) is 6.92 Å². The van der Waals surface area contributed by atoms with E-state index in [1.807, 2.05) is 18.4 Å². The molecule has 0 bridgehead atoms. The van der Waals surface area contributed by atoms with Crippen molar-refractivity contribution >= 4 is 22.7 Å². The van der Waals surface area contributed by atoms with Gasteiger partial charge in [-0.1, -0.05) is 11.3 Å². The molecule has 0 spiro atoms. The summed E-state index contributed by atoms with van der Waals surface area (Å²) in [4.78, 5) is 11.9. The number of hydrogen-bond donors (Lipinski definition) is 1. The van der Waals surface area contributed by atoms with Gasteiger partial charge in [-0.3, -0.25) is 4.79 Å². The van der Waals surface area contributed by atoms with Crippen molar-refractivity contribution in [2.24, 2.45) is 0 Å². The van der Waals surface area contributed by atoms with E-state index in [4.69, 9.17) is 0 Å². The summed E-state index contributed by atoms with van der Waals surface area (Å²) < 4.78 is 0. The minimum Gasteiger partial charge on any atom is -0.255 e. The molecule has 1 N–H and O–H groups in total. The van der Waals surface area contributed by atoms with Crippen molar-refractivity contribution in [3.8, 4) is 10.6 Å². The SMILES string of the molecule is Cc1cc(-c2n[nH]c(=O)s2)cs1. The number of aryl methyl sites for hydroxylation is 1. The first-order valence-corrected chi connectivity index (χ1v) is 5.06. The van der Waals surface area contributed by atoms with Crippen LogP contribution in [0.25, 0.3) is 10.6 Å². The van der Waals surface area contributed by atoms with E-state index in [2.05, 4.69) is 10.2 Å². The van der Waals surface area contributed by atoms with Gasteiger partial charge < -0.3 is 0 Å². The molecular weight excluding hydrogens is 192 g/mol. The summed E-state index contributed by atoms with van der Waals surface area (Å²) >= 11 is 2.80. The minimum absolute atomic E-state index is 0.103. The summed E-state index contributed by atoms with van der Waals surface area (Å²) in [5.41, 5.74) is 1.03. The summed E-state index contributed by atoms with van der Waals surface area (Å²) in [7, 11) is 0. The molecule has 0 fully saturated rings. The maximum atomic E-state index is 10.8. The van der Waals surface area contributed by atoms with Crippen molar-refractivity contribution in [1.82, 2.24) is 10.2 Å². The van der Waals surface area contributed by atoms with Gasteiger partial charge in [-0.05, 0) is 13.0 Å². The van der Waals surface area contributed by atoms with Gasteiger partial charge in [0.15, 0.2) is 0 Å². The van der Waals surface area contributed by atoms with Crippen LogP contribution < -0.4 is 4.87 Å². The number of aromatic amines is 1. The van der Waals surface area contributed by atoms with Crippen molar-refractivity contribution in [2.75, 3.05) is 0 Å². The first-order chi connectivity index (χ1) is 5.75. The highest BCUT2D eigenvalue weighted by atomic mass is 32.1. The highest BCUT2D eigenvalue weighted by Gasteiger charge is 2.03. The molecular formula is C7H6N2OS2. The maximum Gasteiger partial charge on any atom is 0.322 e. The van der Waals surface area contributed by atoms with Crippen LogP contribution in [0.2, 0.25) is 0 Å². The standard InChI is InChI=1S/C7H6N2OS2/c1-4-2-5(3-11-4)6-8-9-7(10)12-6/h2-3H,1H3,(H,9,10). The summed E-state index contributed by atoms with van der Waals surface area (Å²) in [5.74, 6) is 0. The zero-order valence-corrected chi connectivity index (χ0v) is 7.96. The Balaban J connectivity index is 2.50. The fraction of sp³-hybridized carbons (Fsp3) is 0.143. The molecule has 0 aliphatic rings. The molecule has 62 valence electrons. The first-order valence-electron chi connectivity index (χ1n) is 3.37. The first kappa shape index (κ1) is 7.70. The van der Waals surface area contributed by atoms with Gasteiger partial charge in [-0.15, -0.1) is 11.3 Å². The van der Waals surface area contributed by atoms with E-state index < -0.39 is 0 Å². The molecule has 2 aromatic rings. The van der Waals surface area contributed by atoms with Gasteiger partial charge in [-0.25, -0.2) is 5.10 Å². The lowest BCUT2D eigenvalue weighted by Gasteiger charge is -1.82. The van der Waals surface area contributed by atoms with Crippen LogP contribution in [-0.4, -0.2) is 10.2 Å². The number of aromatic nitrogens is 2. The molecule has 2 heterocycles. The lowest BCUT2D eigenvalue weighted by molar-refractivity contribution is 1.06. The maximum absolute atomic E-state index is 10.8. The average Bonchev–Trinajstić information content (AvgIpc) is 2.58. The molecule has 0 radical (unpaired) electrons. The Morgan fingerprint density at radius 2 is 2.42 bits per heavy atom. The van der Waals surface area contributed by atoms with Crippen molar-refractivity contribution < 1.29 is 0 Å². The molecule has 3 nitrogen and oxygen atoms in total. The summed E-state index contributed by atoms with van der Waals surface area (Å²) in [6.45, 7) is 2.03. The molecule has 0 saturated heterocycles.